The molecule has 7 nitrogen and oxygen atoms in total. The first kappa shape index (κ1) is 20.0. The van der Waals surface area contributed by atoms with E-state index in [9.17, 15) is 9.90 Å². The van der Waals surface area contributed by atoms with Gasteiger partial charge in [0.1, 0.15) is 6.10 Å². The number of thiophene rings is 1. The molecule has 0 aromatic carbocycles. The maximum Gasteiger partial charge on any atom is 0.237 e. The second-order valence-corrected chi connectivity index (χ2v) is 8.23. The minimum atomic E-state index is -0.655. The lowest BCUT2D eigenvalue weighted by Gasteiger charge is -2.43. The lowest BCUT2D eigenvalue weighted by atomic mass is 10.0. The highest BCUT2D eigenvalue weighted by molar-refractivity contribution is 7.16. The lowest BCUT2D eigenvalue weighted by molar-refractivity contribution is -0.129. The third kappa shape index (κ3) is 4.84. The van der Waals surface area contributed by atoms with Gasteiger partial charge < -0.3 is 21.1 Å². The van der Waals surface area contributed by atoms with Crippen LogP contribution in [0.15, 0.2) is 17.1 Å². The van der Waals surface area contributed by atoms with Crippen LogP contribution in [0.2, 0.25) is 4.34 Å². The number of nitrogens with one attached hydrogen (secondary N) is 1. The number of nitrogens with zero attached hydrogens (tertiary/aromatic N) is 3. The van der Waals surface area contributed by atoms with Crippen molar-refractivity contribution in [1.82, 2.24) is 15.1 Å². The van der Waals surface area contributed by atoms with E-state index in [1.165, 1.54) is 11.3 Å². The Kier molecular flexibility index (Phi) is 6.67. The zero-order valence-corrected chi connectivity index (χ0v) is 16.4. The van der Waals surface area contributed by atoms with E-state index in [2.05, 4.69) is 20.1 Å². The van der Waals surface area contributed by atoms with Crippen molar-refractivity contribution < 1.29 is 9.90 Å². The summed E-state index contributed by atoms with van der Waals surface area (Å²) in [6, 6.07) is 3.60. The maximum atomic E-state index is 11.6. The van der Waals surface area contributed by atoms with Gasteiger partial charge in [0, 0.05) is 44.6 Å². The molecule has 1 fully saturated rings. The number of carbonyl (C=O) groups excluding carboxylic acids is 1. The van der Waals surface area contributed by atoms with Crippen LogP contribution in [-0.2, 0) is 4.79 Å². The number of guanidine groups is 1. The van der Waals surface area contributed by atoms with Crippen LogP contribution in [0, 0.1) is 0 Å². The molecule has 1 aromatic rings. The maximum absolute atomic E-state index is 11.6. The number of piperazine rings is 1. The predicted octanol–water partition coefficient (Wildman–Crippen LogP) is 0.892. The first-order chi connectivity index (χ1) is 11.8. The van der Waals surface area contributed by atoms with Gasteiger partial charge in [-0.2, -0.15) is 0 Å². The second-order valence-electron chi connectivity index (χ2n) is 6.48. The number of hydrogen-bond acceptors (Lipinski definition) is 5. The van der Waals surface area contributed by atoms with E-state index >= 15 is 0 Å². The SMILES string of the molecule is CN=C(NCC(O)c1ccc(Cl)s1)N1CCN(C(C)(C)C(N)=O)CC1. The number of rotatable bonds is 5. The molecule has 1 aromatic heterocycles. The van der Waals surface area contributed by atoms with Gasteiger partial charge >= 0.3 is 0 Å². The standard InChI is InChI=1S/C16H26ClN5O2S/c1-16(2,14(18)24)22-8-6-21(7-9-22)15(19-3)20-10-11(23)12-4-5-13(17)25-12/h4-5,11,23H,6-10H2,1-3H3,(H2,18,24)(H,19,20). The topological polar surface area (TPSA) is 94.2 Å². The summed E-state index contributed by atoms with van der Waals surface area (Å²) >= 11 is 7.27. The molecule has 0 radical (unpaired) electrons. The summed E-state index contributed by atoms with van der Waals surface area (Å²) in [5.74, 6) is 0.416. The number of primary amides is 1. The number of halogens is 1. The smallest absolute Gasteiger partial charge is 0.237 e. The fraction of sp³-hybridized carbons (Fsp3) is 0.625. The fourth-order valence-corrected chi connectivity index (χ4v) is 3.81. The van der Waals surface area contributed by atoms with Gasteiger partial charge in [-0.3, -0.25) is 14.7 Å². The van der Waals surface area contributed by atoms with Gasteiger partial charge in [-0.25, -0.2) is 0 Å². The number of hydrogen-bond donors (Lipinski definition) is 3. The Balaban J connectivity index is 1.87. The van der Waals surface area contributed by atoms with Crippen LogP contribution in [0.4, 0.5) is 0 Å². The Labute approximate surface area is 157 Å². The minimum Gasteiger partial charge on any atom is -0.386 e. The van der Waals surface area contributed by atoms with E-state index in [4.69, 9.17) is 17.3 Å². The second kappa shape index (κ2) is 8.35. The minimum absolute atomic E-state index is 0.318. The summed E-state index contributed by atoms with van der Waals surface area (Å²) in [6.45, 7) is 6.96. The van der Waals surface area contributed by atoms with Gasteiger partial charge in [0.2, 0.25) is 5.91 Å². The highest BCUT2D eigenvalue weighted by Crippen LogP contribution is 2.26. The van der Waals surface area contributed by atoms with Crippen LogP contribution in [0.5, 0.6) is 0 Å². The number of aliphatic imine (C=N–C) groups is 1. The van der Waals surface area contributed by atoms with Crippen molar-refractivity contribution in [3.63, 3.8) is 0 Å². The summed E-state index contributed by atoms with van der Waals surface area (Å²) in [7, 11) is 1.72. The predicted molar refractivity (Wildman–Crippen MR) is 102 cm³/mol. The van der Waals surface area contributed by atoms with Crippen LogP contribution in [0.1, 0.15) is 24.8 Å². The number of nitrogens with two attached hydrogens (primary N) is 1. The molecule has 1 aliphatic rings. The number of carbonyl (C=O) groups is 1. The normalized spacial score (nSPS) is 18.3. The van der Waals surface area contributed by atoms with Crippen molar-refractivity contribution >= 4 is 34.8 Å². The summed E-state index contributed by atoms with van der Waals surface area (Å²) in [4.78, 5) is 20.9. The molecule has 1 amide bonds. The van der Waals surface area contributed by atoms with E-state index < -0.39 is 11.6 Å². The van der Waals surface area contributed by atoms with Crippen LogP contribution in [0.25, 0.3) is 0 Å². The monoisotopic (exact) mass is 387 g/mol. The number of aliphatic hydroxyl groups excluding tert-OH is 1. The van der Waals surface area contributed by atoms with Gasteiger partial charge in [0.25, 0.3) is 0 Å². The quantitative estimate of drug-likeness (QED) is 0.515. The third-order valence-electron chi connectivity index (χ3n) is 4.56. The van der Waals surface area contributed by atoms with Crippen LogP contribution in [-0.4, -0.2) is 72.1 Å². The van der Waals surface area contributed by atoms with Crippen molar-refractivity contribution in [2.75, 3.05) is 39.8 Å². The average Bonchev–Trinajstić information content (AvgIpc) is 3.02. The fourth-order valence-electron chi connectivity index (χ4n) is 2.76. The molecular weight excluding hydrogens is 362 g/mol. The van der Waals surface area contributed by atoms with Gasteiger partial charge in [-0.1, -0.05) is 11.6 Å². The summed E-state index contributed by atoms with van der Waals surface area (Å²) in [5.41, 5.74) is 4.84. The molecule has 1 unspecified atom stereocenters. The zero-order chi connectivity index (χ0) is 18.6. The molecule has 0 bridgehead atoms. The first-order valence-electron chi connectivity index (χ1n) is 8.19. The molecule has 0 spiro atoms. The van der Waals surface area contributed by atoms with Crippen LogP contribution < -0.4 is 11.1 Å². The Hall–Kier alpha value is -1.35. The van der Waals surface area contributed by atoms with Crippen molar-refractivity contribution in [1.29, 1.82) is 0 Å². The summed E-state index contributed by atoms with van der Waals surface area (Å²) in [6.07, 6.45) is -0.635. The van der Waals surface area contributed by atoms with Gasteiger partial charge in [-0.15, -0.1) is 11.3 Å². The Morgan fingerprint density at radius 3 is 2.56 bits per heavy atom. The molecule has 25 heavy (non-hydrogen) atoms. The summed E-state index contributed by atoms with van der Waals surface area (Å²) in [5, 5.41) is 13.4. The summed E-state index contributed by atoms with van der Waals surface area (Å²) < 4.78 is 0.659. The molecule has 0 aliphatic carbocycles. The Bertz CT molecular complexity index is 626. The highest BCUT2D eigenvalue weighted by Gasteiger charge is 2.35. The number of amides is 1. The van der Waals surface area contributed by atoms with Crippen LogP contribution in [0.3, 0.4) is 0 Å². The third-order valence-corrected chi connectivity index (χ3v) is 5.89. The van der Waals surface area contributed by atoms with E-state index in [1.54, 1.807) is 13.1 Å². The van der Waals surface area contributed by atoms with E-state index in [0.29, 0.717) is 10.9 Å². The van der Waals surface area contributed by atoms with Crippen molar-refractivity contribution in [3.05, 3.63) is 21.3 Å². The molecule has 2 rings (SSSR count). The molecular formula is C16H26ClN5O2S. The Morgan fingerprint density at radius 1 is 1.44 bits per heavy atom. The highest BCUT2D eigenvalue weighted by atomic mass is 35.5. The van der Waals surface area contributed by atoms with Gasteiger partial charge in [0.15, 0.2) is 5.96 Å². The first-order valence-corrected chi connectivity index (χ1v) is 9.39. The van der Waals surface area contributed by atoms with E-state index in [0.717, 1.165) is 37.0 Å². The zero-order valence-electron chi connectivity index (χ0n) is 14.8. The van der Waals surface area contributed by atoms with E-state index in [-0.39, 0.29) is 5.91 Å². The molecule has 2 heterocycles. The van der Waals surface area contributed by atoms with Gasteiger partial charge in [0.05, 0.1) is 9.88 Å². The van der Waals surface area contributed by atoms with Crippen molar-refractivity contribution in [2.24, 2.45) is 10.7 Å². The molecule has 140 valence electrons. The Morgan fingerprint density at radius 2 is 2.08 bits per heavy atom. The number of aliphatic hydroxyl groups is 1. The molecule has 1 saturated heterocycles. The molecule has 9 heteroatoms. The molecule has 4 N–H and O–H groups in total. The van der Waals surface area contributed by atoms with Crippen molar-refractivity contribution in [2.45, 2.75) is 25.5 Å². The lowest BCUT2D eigenvalue weighted by Crippen LogP contribution is -2.61. The molecule has 1 atom stereocenters. The molecule has 0 saturated carbocycles. The van der Waals surface area contributed by atoms with Gasteiger partial charge in [-0.05, 0) is 26.0 Å². The van der Waals surface area contributed by atoms with Crippen molar-refractivity contribution in [3.8, 4) is 0 Å². The average molecular weight is 388 g/mol. The van der Waals surface area contributed by atoms with E-state index in [1.807, 2.05) is 19.9 Å². The molecule has 1 aliphatic heterocycles. The largest absolute Gasteiger partial charge is 0.386 e. The van der Waals surface area contributed by atoms with Crippen LogP contribution >= 0.6 is 22.9 Å².